The van der Waals surface area contributed by atoms with Crippen LogP contribution < -0.4 is 0 Å². The molecule has 0 N–H and O–H groups in total. The Morgan fingerprint density at radius 3 is 2.87 bits per heavy atom. The van der Waals surface area contributed by atoms with E-state index in [4.69, 9.17) is 16.9 Å². The van der Waals surface area contributed by atoms with E-state index in [1.54, 1.807) is 6.07 Å². The molecule has 0 heterocycles. The van der Waals surface area contributed by atoms with E-state index in [2.05, 4.69) is 4.74 Å². The average molecular weight is 228 g/mol. The summed E-state index contributed by atoms with van der Waals surface area (Å²) < 4.78 is 17.8. The van der Waals surface area contributed by atoms with E-state index >= 15 is 0 Å². The van der Waals surface area contributed by atoms with E-state index in [0.717, 1.165) is 0 Å². The molecular weight excluding hydrogens is 221 g/mol. The molecule has 0 atom stereocenters. The lowest BCUT2D eigenvalue weighted by atomic mass is 10.1. The fourth-order valence-electron chi connectivity index (χ4n) is 1.04. The Morgan fingerprint density at radius 2 is 2.33 bits per heavy atom. The predicted molar refractivity (Wildman–Crippen MR) is 51.8 cm³/mol. The van der Waals surface area contributed by atoms with Gasteiger partial charge in [-0.1, -0.05) is 17.7 Å². The molecule has 0 saturated carbocycles. The molecule has 0 fully saturated rings. The van der Waals surface area contributed by atoms with Gasteiger partial charge in [-0.3, -0.25) is 4.79 Å². The molecule has 0 aliphatic rings. The van der Waals surface area contributed by atoms with E-state index in [9.17, 15) is 9.18 Å². The summed E-state index contributed by atoms with van der Waals surface area (Å²) in [7, 11) is 1.21. The number of hydrogen-bond donors (Lipinski definition) is 0. The van der Waals surface area contributed by atoms with Crippen molar-refractivity contribution in [3.8, 4) is 6.07 Å². The van der Waals surface area contributed by atoms with Crippen LogP contribution in [-0.4, -0.2) is 13.1 Å². The Labute approximate surface area is 91.0 Å². The molecule has 15 heavy (non-hydrogen) atoms. The lowest BCUT2D eigenvalue weighted by molar-refractivity contribution is -0.139. The average Bonchev–Trinajstić information content (AvgIpc) is 2.25. The van der Waals surface area contributed by atoms with Crippen LogP contribution in [0.25, 0.3) is 0 Å². The number of nitrogens with zero attached hydrogens (tertiary/aromatic N) is 1. The summed E-state index contributed by atoms with van der Waals surface area (Å²) in [5.74, 6) is -1.31. The van der Waals surface area contributed by atoms with E-state index < -0.39 is 11.8 Å². The van der Waals surface area contributed by atoms with Crippen LogP contribution in [0.5, 0.6) is 0 Å². The Hall–Kier alpha value is -1.60. The van der Waals surface area contributed by atoms with Crippen LogP contribution in [0.1, 0.15) is 11.1 Å². The molecule has 1 rings (SSSR count). The molecule has 0 aromatic heterocycles. The quantitative estimate of drug-likeness (QED) is 0.727. The highest BCUT2D eigenvalue weighted by Gasteiger charge is 2.14. The first kappa shape index (κ1) is 11.5. The maximum atomic E-state index is 13.5. The summed E-state index contributed by atoms with van der Waals surface area (Å²) in [5, 5.41) is 8.30. The summed E-state index contributed by atoms with van der Waals surface area (Å²) in [4.78, 5) is 10.9. The van der Waals surface area contributed by atoms with Crippen LogP contribution in [0.4, 0.5) is 4.39 Å². The van der Waals surface area contributed by atoms with E-state index in [1.807, 2.05) is 0 Å². The molecule has 78 valence electrons. The minimum absolute atomic E-state index is 0.0442. The third-order valence-electron chi connectivity index (χ3n) is 1.85. The maximum Gasteiger partial charge on any atom is 0.310 e. The first-order valence-corrected chi connectivity index (χ1v) is 4.41. The number of esters is 1. The van der Waals surface area contributed by atoms with Gasteiger partial charge in [0.2, 0.25) is 0 Å². The molecule has 3 nitrogen and oxygen atoms in total. The Kier molecular flexibility index (Phi) is 3.64. The minimum Gasteiger partial charge on any atom is -0.469 e. The zero-order valence-corrected chi connectivity index (χ0v) is 8.64. The number of carbonyl (C=O) groups is 1. The second kappa shape index (κ2) is 4.76. The van der Waals surface area contributed by atoms with E-state index in [0.29, 0.717) is 0 Å². The van der Waals surface area contributed by atoms with Gasteiger partial charge in [-0.25, -0.2) is 4.39 Å². The Balaban J connectivity index is 3.08. The van der Waals surface area contributed by atoms with Crippen LogP contribution in [0.3, 0.4) is 0 Å². The lowest BCUT2D eigenvalue weighted by Gasteiger charge is -2.04. The van der Waals surface area contributed by atoms with Gasteiger partial charge in [0.1, 0.15) is 11.9 Å². The number of benzene rings is 1. The third kappa shape index (κ3) is 2.45. The number of halogens is 2. The minimum atomic E-state index is -0.749. The van der Waals surface area contributed by atoms with Gasteiger partial charge in [-0.05, 0) is 6.07 Å². The summed E-state index contributed by atoms with van der Waals surface area (Å²) in [6.07, 6.45) is -0.201. The normalized spacial score (nSPS) is 9.47. The molecule has 0 saturated heterocycles. The topological polar surface area (TPSA) is 50.1 Å². The van der Waals surface area contributed by atoms with Crippen molar-refractivity contribution in [2.24, 2.45) is 0 Å². The standard InChI is InChI=1S/C10H7ClFNO2/c1-15-8(14)4-6-2-3-7(5-13)9(11)10(6)12/h2-3H,4H2,1H3. The largest absolute Gasteiger partial charge is 0.469 e. The van der Waals surface area contributed by atoms with Crippen LogP contribution in [0, 0.1) is 17.1 Å². The maximum absolute atomic E-state index is 13.5. The lowest BCUT2D eigenvalue weighted by Crippen LogP contribution is -2.06. The zero-order chi connectivity index (χ0) is 11.4. The number of ether oxygens (including phenoxy) is 1. The SMILES string of the molecule is COC(=O)Cc1ccc(C#N)c(Cl)c1F. The Morgan fingerprint density at radius 1 is 1.67 bits per heavy atom. The highest BCUT2D eigenvalue weighted by molar-refractivity contribution is 6.32. The molecule has 0 amide bonds. The number of methoxy groups -OCH3 is 1. The number of rotatable bonds is 2. The first-order valence-electron chi connectivity index (χ1n) is 4.04. The summed E-state index contributed by atoms with van der Waals surface area (Å²) >= 11 is 5.58. The van der Waals surface area contributed by atoms with Crippen molar-refractivity contribution in [2.45, 2.75) is 6.42 Å². The van der Waals surface area contributed by atoms with Crippen LogP contribution in [0.15, 0.2) is 12.1 Å². The highest BCUT2D eigenvalue weighted by atomic mass is 35.5. The van der Waals surface area contributed by atoms with Gasteiger partial charge in [0, 0.05) is 5.56 Å². The van der Waals surface area contributed by atoms with Gasteiger partial charge in [-0.2, -0.15) is 5.26 Å². The molecular formula is C10H7ClFNO2. The Bertz CT molecular complexity index is 440. The predicted octanol–water partition coefficient (Wildman–Crippen LogP) is 2.07. The summed E-state index contributed by atoms with van der Waals surface area (Å²) in [6, 6.07) is 4.45. The molecule has 0 aliphatic heterocycles. The van der Waals surface area contributed by atoms with Crippen molar-refractivity contribution in [3.05, 3.63) is 34.1 Å². The van der Waals surface area contributed by atoms with Crippen molar-refractivity contribution >= 4 is 17.6 Å². The zero-order valence-electron chi connectivity index (χ0n) is 7.88. The van der Waals surface area contributed by atoms with Crippen LogP contribution in [0.2, 0.25) is 5.02 Å². The molecule has 0 unspecified atom stereocenters. The number of carbonyl (C=O) groups excluding carboxylic acids is 1. The van der Waals surface area contributed by atoms with Crippen LogP contribution in [-0.2, 0) is 16.0 Å². The molecule has 0 radical (unpaired) electrons. The molecule has 5 heteroatoms. The van der Waals surface area contributed by atoms with Gasteiger partial charge in [-0.15, -0.1) is 0 Å². The molecule has 1 aromatic carbocycles. The van der Waals surface area contributed by atoms with Gasteiger partial charge >= 0.3 is 5.97 Å². The highest BCUT2D eigenvalue weighted by Crippen LogP contribution is 2.23. The summed E-state index contributed by atoms with van der Waals surface area (Å²) in [6.45, 7) is 0. The van der Waals surface area contributed by atoms with Gasteiger partial charge < -0.3 is 4.74 Å². The molecule has 0 spiro atoms. The van der Waals surface area contributed by atoms with Crippen molar-refractivity contribution in [1.29, 1.82) is 5.26 Å². The van der Waals surface area contributed by atoms with Crippen molar-refractivity contribution in [3.63, 3.8) is 0 Å². The molecule has 0 bridgehead atoms. The van der Waals surface area contributed by atoms with Gasteiger partial charge in [0.05, 0.1) is 24.1 Å². The molecule has 1 aromatic rings. The fraction of sp³-hybridized carbons (Fsp3) is 0.200. The summed E-state index contributed by atoms with van der Waals surface area (Å²) in [5.41, 5.74) is 0.161. The molecule has 0 aliphatic carbocycles. The monoisotopic (exact) mass is 227 g/mol. The van der Waals surface area contributed by atoms with Gasteiger partial charge in [0.15, 0.2) is 0 Å². The van der Waals surface area contributed by atoms with E-state index in [1.165, 1.54) is 19.2 Å². The van der Waals surface area contributed by atoms with Crippen LogP contribution >= 0.6 is 11.6 Å². The fourth-order valence-corrected chi connectivity index (χ4v) is 1.27. The van der Waals surface area contributed by atoms with E-state index in [-0.39, 0.29) is 22.6 Å². The smallest absolute Gasteiger partial charge is 0.310 e. The second-order valence-corrected chi connectivity index (χ2v) is 3.14. The number of hydrogen-bond acceptors (Lipinski definition) is 3. The first-order chi connectivity index (χ1) is 7.10. The van der Waals surface area contributed by atoms with Crippen molar-refractivity contribution in [1.82, 2.24) is 0 Å². The van der Waals surface area contributed by atoms with Crippen molar-refractivity contribution in [2.75, 3.05) is 7.11 Å². The second-order valence-electron chi connectivity index (χ2n) is 2.76. The van der Waals surface area contributed by atoms with Gasteiger partial charge in [0.25, 0.3) is 0 Å². The third-order valence-corrected chi connectivity index (χ3v) is 2.21. The van der Waals surface area contributed by atoms with Crippen molar-refractivity contribution < 1.29 is 13.9 Å². The number of nitriles is 1.